The van der Waals surface area contributed by atoms with Gasteiger partial charge in [-0.15, -0.1) is 0 Å². The molecule has 3 nitrogen and oxygen atoms in total. The molecule has 1 aliphatic heterocycles. The Balaban J connectivity index is 2.21. The number of anilines is 1. The minimum atomic E-state index is -0.927. The highest BCUT2D eigenvalue weighted by molar-refractivity contribution is 7.99. The van der Waals surface area contributed by atoms with Crippen molar-refractivity contribution in [2.24, 2.45) is 5.73 Å². The summed E-state index contributed by atoms with van der Waals surface area (Å²) in [6, 6.07) is 1.98. The Hall–Kier alpha value is -1.30. The van der Waals surface area contributed by atoms with E-state index in [1.807, 2.05) is 0 Å². The summed E-state index contributed by atoms with van der Waals surface area (Å²) >= 11 is 1.79. The second-order valence-electron chi connectivity index (χ2n) is 4.23. The molecule has 1 unspecified atom stereocenters. The fourth-order valence-electron chi connectivity index (χ4n) is 1.92. The summed E-state index contributed by atoms with van der Waals surface area (Å²) in [6.45, 7) is 0. The van der Waals surface area contributed by atoms with E-state index < -0.39 is 17.5 Å². The minimum Gasteiger partial charge on any atom is -0.379 e. The van der Waals surface area contributed by atoms with Crippen molar-refractivity contribution in [2.45, 2.75) is 18.9 Å². The van der Waals surface area contributed by atoms with E-state index in [0.717, 1.165) is 30.4 Å². The van der Waals surface area contributed by atoms with Crippen molar-refractivity contribution in [3.8, 4) is 0 Å². The third-order valence-electron chi connectivity index (χ3n) is 2.84. The predicted octanol–water partition coefficient (Wildman–Crippen LogP) is 2.37. The molecular formula is C12H14F2N2OS. The molecule has 1 saturated heterocycles. The molecule has 0 saturated carbocycles. The topological polar surface area (TPSA) is 55.1 Å². The van der Waals surface area contributed by atoms with Crippen LogP contribution in [0, 0.1) is 11.6 Å². The van der Waals surface area contributed by atoms with Crippen LogP contribution in [0.4, 0.5) is 14.5 Å². The number of carbonyl (C=O) groups is 1. The molecule has 1 aromatic rings. The molecular weight excluding hydrogens is 258 g/mol. The van der Waals surface area contributed by atoms with E-state index >= 15 is 0 Å². The highest BCUT2D eigenvalue weighted by Gasteiger charge is 2.18. The molecule has 0 aromatic heterocycles. The van der Waals surface area contributed by atoms with E-state index in [1.54, 1.807) is 11.8 Å². The number of hydrogen-bond donors (Lipinski definition) is 2. The summed E-state index contributed by atoms with van der Waals surface area (Å²) in [6.07, 6.45) is 2.00. The maximum atomic E-state index is 13.6. The summed E-state index contributed by atoms with van der Waals surface area (Å²) in [5, 5.41) is 3.00. The monoisotopic (exact) mass is 272 g/mol. The molecule has 0 spiro atoms. The summed E-state index contributed by atoms with van der Waals surface area (Å²) < 4.78 is 26.9. The molecule has 1 fully saturated rings. The van der Waals surface area contributed by atoms with E-state index in [1.165, 1.54) is 0 Å². The third kappa shape index (κ3) is 2.93. The number of amides is 1. The maximum absolute atomic E-state index is 13.6. The van der Waals surface area contributed by atoms with Crippen LogP contribution in [0.5, 0.6) is 0 Å². The lowest BCUT2D eigenvalue weighted by Gasteiger charge is -2.24. The summed E-state index contributed by atoms with van der Waals surface area (Å²) in [5.41, 5.74) is 4.88. The zero-order valence-corrected chi connectivity index (χ0v) is 10.5. The third-order valence-corrected chi connectivity index (χ3v) is 4.06. The Kier molecular flexibility index (Phi) is 4.06. The van der Waals surface area contributed by atoms with Gasteiger partial charge in [-0.2, -0.15) is 11.8 Å². The van der Waals surface area contributed by atoms with E-state index in [9.17, 15) is 13.6 Å². The quantitative estimate of drug-likeness (QED) is 0.888. The van der Waals surface area contributed by atoms with Crippen LogP contribution >= 0.6 is 11.8 Å². The first-order valence-corrected chi connectivity index (χ1v) is 6.86. The van der Waals surface area contributed by atoms with Gasteiger partial charge in [-0.25, -0.2) is 8.78 Å². The molecule has 18 heavy (non-hydrogen) atoms. The van der Waals surface area contributed by atoms with Gasteiger partial charge in [0.15, 0.2) is 0 Å². The molecule has 0 bridgehead atoms. The zero-order chi connectivity index (χ0) is 13.1. The molecule has 1 atom stereocenters. The molecule has 1 heterocycles. The first-order valence-electron chi connectivity index (χ1n) is 5.71. The minimum absolute atomic E-state index is 0.137. The Labute approximate surface area is 108 Å². The zero-order valence-electron chi connectivity index (χ0n) is 9.71. The van der Waals surface area contributed by atoms with Crippen molar-refractivity contribution in [3.05, 3.63) is 29.3 Å². The Morgan fingerprint density at radius 3 is 2.78 bits per heavy atom. The van der Waals surface area contributed by atoms with Crippen molar-refractivity contribution in [2.75, 3.05) is 16.8 Å². The van der Waals surface area contributed by atoms with E-state index in [4.69, 9.17) is 5.73 Å². The van der Waals surface area contributed by atoms with Crippen molar-refractivity contribution in [3.63, 3.8) is 0 Å². The molecule has 0 aliphatic carbocycles. The van der Waals surface area contributed by atoms with Crippen LogP contribution in [-0.4, -0.2) is 23.5 Å². The van der Waals surface area contributed by atoms with Gasteiger partial charge in [-0.05, 0) is 24.7 Å². The normalized spacial score (nSPS) is 19.6. The van der Waals surface area contributed by atoms with Gasteiger partial charge in [0.25, 0.3) is 5.91 Å². The van der Waals surface area contributed by atoms with E-state index in [-0.39, 0.29) is 17.3 Å². The molecule has 98 valence electrons. The van der Waals surface area contributed by atoms with Crippen molar-refractivity contribution < 1.29 is 13.6 Å². The number of halogens is 2. The standard InChI is InChI=1S/C12H14F2N2OS/c13-9-5-10(14)11(4-8(9)12(15)17)16-7-2-1-3-18-6-7/h4-5,7,16H,1-3,6H2,(H2,15,17). The van der Waals surface area contributed by atoms with Gasteiger partial charge in [0.2, 0.25) is 0 Å². The van der Waals surface area contributed by atoms with E-state index in [2.05, 4.69) is 5.32 Å². The average molecular weight is 272 g/mol. The second kappa shape index (κ2) is 5.56. The summed E-state index contributed by atoms with van der Waals surface area (Å²) in [5.74, 6) is -0.537. The Morgan fingerprint density at radius 2 is 2.17 bits per heavy atom. The number of nitrogens with one attached hydrogen (secondary N) is 1. The average Bonchev–Trinajstić information content (AvgIpc) is 2.33. The van der Waals surface area contributed by atoms with Gasteiger partial charge in [0, 0.05) is 17.9 Å². The van der Waals surface area contributed by atoms with Crippen LogP contribution in [-0.2, 0) is 0 Å². The highest BCUT2D eigenvalue weighted by Crippen LogP contribution is 2.24. The van der Waals surface area contributed by atoms with Crippen LogP contribution < -0.4 is 11.1 Å². The number of thioether (sulfide) groups is 1. The second-order valence-corrected chi connectivity index (χ2v) is 5.38. The number of benzene rings is 1. The fraction of sp³-hybridized carbons (Fsp3) is 0.417. The number of carbonyl (C=O) groups excluding carboxylic acids is 1. The number of primary amides is 1. The Bertz CT molecular complexity index is 462. The first kappa shape index (κ1) is 13.1. The number of rotatable bonds is 3. The smallest absolute Gasteiger partial charge is 0.251 e. The lowest BCUT2D eigenvalue weighted by Crippen LogP contribution is -2.26. The summed E-state index contributed by atoms with van der Waals surface area (Å²) in [7, 11) is 0. The van der Waals surface area contributed by atoms with Crippen LogP contribution in [0.2, 0.25) is 0 Å². The molecule has 1 aliphatic rings. The number of nitrogens with two attached hydrogens (primary N) is 1. The van der Waals surface area contributed by atoms with Gasteiger partial charge in [0.05, 0.1) is 11.3 Å². The lowest BCUT2D eigenvalue weighted by molar-refractivity contribution is 0.0996. The maximum Gasteiger partial charge on any atom is 0.251 e. The summed E-state index contributed by atoms with van der Waals surface area (Å²) in [4.78, 5) is 11.0. The molecule has 6 heteroatoms. The van der Waals surface area contributed by atoms with Crippen LogP contribution in [0.3, 0.4) is 0 Å². The molecule has 1 aromatic carbocycles. The van der Waals surface area contributed by atoms with Crippen molar-refractivity contribution in [1.82, 2.24) is 0 Å². The van der Waals surface area contributed by atoms with Crippen molar-refractivity contribution in [1.29, 1.82) is 0 Å². The molecule has 2 rings (SSSR count). The molecule has 0 radical (unpaired) electrons. The number of hydrogen-bond acceptors (Lipinski definition) is 3. The van der Waals surface area contributed by atoms with Gasteiger partial charge < -0.3 is 11.1 Å². The van der Waals surface area contributed by atoms with Crippen LogP contribution in [0.1, 0.15) is 23.2 Å². The molecule has 1 amide bonds. The fourth-order valence-corrected chi connectivity index (χ4v) is 2.99. The van der Waals surface area contributed by atoms with E-state index in [0.29, 0.717) is 6.07 Å². The highest BCUT2D eigenvalue weighted by atomic mass is 32.2. The van der Waals surface area contributed by atoms with Crippen LogP contribution in [0.15, 0.2) is 12.1 Å². The van der Waals surface area contributed by atoms with Crippen molar-refractivity contribution >= 4 is 23.4 Å². The first-order chi connectivity index (χ1) is 8.58. The van der Waals surface area contributed by atoms with Gasteiger partial charge >= 0.3 is 0 Å². The Morgan fingerprint density at radius 1 is 1.39 bits per heavy atom. The van der Waals surface area contributed by atoms with Crippen LogP contribution in [0.25, 0.3) is 0 Å². The largest absolute Gasteiger partial charge is 0.379 e. The van der Waals surface area contributed by atoms with Gasteiger partial charge in [-0.3, -0.25) is 4.79 Å². The van der Waals surface area contributed by atoms with Gasteiger partial charge in [0.1, 0.15) is 11.6 Å². The van der Waals surface area contributed by atoms with Gasteiger partial charge in [-0.1, -0.05) is 0 Å². The SMILES string of the molecule is NC(=O)c1cc(NC2CCCSC2)c(F)cc1F. The molecule has 3 N–H and O–H groups in total. The predicted molar refractivity (Wildman–Crippen MR) is 68.8 cm³/mol. The lowest BCUT2D eigenvalue weighted by atomic mass is 10.1.